The molecule has 2 aromatic heterocycles. The van der Waals surface area contributed by atoms with Crippen molar-refractivity contribution >= 4 is 22.4 Å². The number of rotatable bonds is 5. The average Bonchev–Trinajstić information content (AvgIpc) is 3.05. The van der Waals surface area contributed by atoms with Crippen LogP contribution in [0.5, 0.6) is 0 Å². The van der Waals surface area contributed by atoms with Gasteiger partial charge in [-0.05, 0) is 31.5 Å². The molecule has 26 heavy (non-hydrogen) atoms. The fourth-order valence-corrected chi connectivity index (χ4v) is 2.48. The van der Waals surface area contributed by atoms with Gasteiger partial charge in [0.1, 0.15) is 5.58 Å². The summed E-state index contributed by atoms with van der Waals surface area (Å²) in [6, 6.07) is 6.84. The Morgan fingerprint density at radius 2 is 2.23 bits per heavy atom. The first-order valence-corrected chi connectivity index (χ1v) is 8.22. The monoisotopic (exact) mass is 356 g/mol. The van der Waals surface area contributed by atoms with Crippen molar-refractivity contribution < 1.29 is 8.98 Å². The minimum atomic E-state index is -0.491. The first-order valence-electron chi connectivity index (χ1n) is 8.22. The summed E-state index contributed by atoms with van der Waals surface area (Å²) in [6.07, 6.45) is 4.05. The van der Waals surface area contributed by atoms with Crippen LogP contribution in [0.15, 0.2) is 51.2 Å². The van der Waals surface area contributed by atoms with Crippen LogP contribution in [0.1, 0.15) is 20.3 Å². The topological polar surface area (TPSA) is 120 Å². The Morgan fingerprint density at radius 3 is 2.88 bits per heavy atom. The highest BCUT2D eigenvalue weighted by atomic mass is 16.4. The number of anilines is 1. The molecule has 1 unspecified atom stereocenters. The molecule has 2 heterocycles. The highest BCUT2D eigenvalue weighted by Gasteiger charge is 2.15. The number of hydrogen-bond donors (Lipinski definition) is 2. The minimum absolute atomic E-state index is 0.155. The maximum Gasteiger partial charge on any atom is 0.379 e. The first kappa shape index (κ1) is 17.8. The molecule has 0 saturated carbocycles. The third-order valence-electron chi connectivity index (χ3n) is 4.10. The van der Waals surface area contributed by atoms with Crippen LogP contribution in [0.4, 0.5) is 5.69 Å². The van der Waals surface area contributed by atoms with E-state index < -0.39 is 5.63 Å². The van der Waals surface area contributed by atoms with Gasteiger partial charge in [0.05, 0.1) is 18.4 Å². The summed E-state index contributed by atoms with van der Waals surface area (Å²) in [5.41, 5.74) is 7.50. The van der Waals surface area contributed by atoms with Gasteiger partial charge in [0, 0.05) is 22.6 Å². The number of aromatic nitrogens is 3. The fraction of sp³-hybridized carbons (Fsp3) is 0.294. The molecular formula is C17H22N7O2+. The van der Waals surface area contributed by atoms with Crippen LogP contribution in [0.25, 0.3) is 16.7 Å². The average molecular weight is 356 g/mol. The lowest BCUT2D eigenvalue weighted by Crippen LogP contribution is -2.33. The zero-order chi connectivity index (χ0) is 18.8. The molecule has 4 N–H and O–H groups in total. The van der Waals surface area contributed by atoms with E-state index in [4.69, 9.17) is 16.0 Å². The van der Waals surface area contributed by atoms with Gasteiger partial charge in [-0.15, -0.1) is 0 Å². The number of hydrogen-bond acceptors (Lipinski definition) is 7. The molecule has 0 aliphatic carbocycles. The van der Waals surface area contributed by atoms with Gasteiger partial charge in [-0.3, -0.25) is 0 Å². The smallest absolute Gasteiger partial charge is 0.379 e. The molecule has 1 aromatic carbocycles. The second-order valence-corrected chi connectivity index (χ2v) is 6.10. The Hall–Kier alpha value is -3.04. The van der Waals surface area contributed by atoms with Crippen molar-refractivity contribution in [1.82, 2.24) is 9.78 Å². The largest absolute Gasteiger partial charge is 0.420 e. The van der Waals surface area contributed by atoms with Crippen molar-refractivity contribution in [2.75, 3.05) is 5.12 Å². The summed E-state index contributed by atoms with van der Waals surface area (Å²) in [4.78, 5) is 12.3. The van der Waals surface area contributed by atoms with E-state index in [9.17, 15) is 4.79 Å². The molecule has 9 nitrogen and oxygen atoms in total. The van der Waals surface area contributed by atoms with Crippen LogP contribution in [-0.4, -0.2) is 21.5 Å². The molecule has 136 valence electrons. The third kappa shape index (κ3) is 3.48. The molecule has 0 bridgehead atoms. The molecule has 0 aliphatic rings. The highest BCUT2D eigenvalue weighted by molar-refractivity contribution is 5.88. The summed E-state index contributed by atoms with van der Waals surface area (Å²) in [6.45, 7) is 3.80. The second kappa shape index (κ2) is 7.06. The lowest BCUT2D eigenvalue weighted by atomic mass is 10.1. The molecule has 0 aliphatic heterocycles. The molecule has 0 radical (unpaired) electrons. The van der Waals surface area contributed by atoms with Gasteiger partial charge in [-0.1, -0.05) is 11.6 Å². The maximum atomic E-state index is 12.3. The van der Waals surface area contributed by atoms with Crippen LogP contribution in [0, 0.1) is 0 Å². The Kier molecular flexibility index (Phi) is 4.83. The van der Waals surface area contributed by atoms with E-state index in [1.54, 1.807) is 35.4 Å². The number of aryl methyl sites for hydroxylation is 1. The lowest BCUT2D eigenvalue weighted by molar-refractivity contribution is -0.672. The van der Waals surface area contributed by atoms with Crippen LogP contribution < -0.4 is 26.9 Å². The van der Waals surface area contributed by atoms with E-state index in [1.807, 2.05) is 27.0 Å². The summed E-state index contributed by atoms with van der Waals surface area (Å²) in [5, 5.41) is 10.4. The summed E-state index contributed by atoms with van der Waals surface area (Å²) in [5.74, 6) is 5.99. The number of nitrogens with two attached hydrogens (primary N) is 2. The van der Waals surface area contributed by atoms with Gasteiger partial charge in [-0.2, -0.15) is 10.2 Å². The first-order chi connectivity index (χ1) is 12.4. The molecule has 0 fully saturated rings. The van der Waals surface area contributed by atoms with Gasteiger partial charge in [0.15, 0.2) is 0 Å². The predicted octanol–water partition coefficient (Wildman–Crippen LogP) is 0.596. The van der Waals surface area contributed by atoms with Crippen LogP contribution in [0.3, 0.4) is 0 Å². The lowest BCUT2D eigenvalue weighted by Gasteiger charge is -2.16. The Labute approximate surface area is 150 Å². The van der Waals surface area contributed by atoms with Gasteiger partial charge in [0.2, 0.25) is 12.0 Å². The van der Waals surface area contributed by atoms with Crippen molar-refractivity contribution in [3.63, 3.8) is 0 Å². The van der Waals surface area contributed by atoms with E-state index >= 15 is 0 Å². The van der Waals surface area contributed by atoms with Gasteiger partial charge >= 0.3 is 5.63 Å². The highest BCUT2D eigenvalue weighted by Crippen LogP contribution is 2.21. The van der Waals surface area contributed by atoms with Crippen molar-refractivity contribution in [3.05, 3.63) is 47.3 Å². The maximum absolute atomic E-state index is 12.3. The fourth-order valence-electron chi connectivity index (χ4n) is 2.48. The van der Waals surface area contributed by atoms with Gasteiger partial charge < -0.3 is 10.2 Å². The van der Waals surface area contributed by atoms with Gasteiger partial charge in [-0.25, -0.2) is 15.2 Å². The van der Waals surface area contributed by atoms with E-state index in [0.29, 0.717) is 17.0 Å². The van der Waals surface area contributed by atoms with Crippen molar-refractivity contribution in [2.45, 2.75) is 26.3 Å². The van der Waals surface area contributed by atoms with Crippen LogP contribution in [-0.2, 0) is 7.05 Å². The molecular weight excluding hydrogens is 334 g/mol. The second-order valence-electron chi connectivity index (χ2n) is 6.10. The molecule has 0 amide bonds. The molecule has 1 atom stereocenters. The summed E-state index contributed by atoms with van der Waals surface area (Å²) < 4.78 is 8.64. The normalized spacial score (nSPS) is 13.2. The SMILES string of the molecule is CCC(N)C(C)=NN(N)c1ccc2cc(-n3c[n+](C)cn3)c(=O)oc2c1. The number of benzene rings is 1. The summed E-state index contributed by atoms with van der Waals surface area (Å²) >= 11 is 0. The van der Waals surface area contributed by atoms with Crippen molar-refractivity contribution in [2.24, 2.45) is 23.7 Å². The predicted molar refractivity (Wildman–Crippen MR) is 98.8 cm³/mol. The van der Waals surface area contributed by atoms with Crippen LogP contribution >= 0.6 is 0 Å². The third-order valence-corrected chi connectivity index (χ3v) is 4.10. The quantitative estimate of drug-likeness (QED) is 0.227. The van der Waals surface area contributed by atoms with E-state index in [2.05, 4.69) is 10.2 Å². The molecule has 0 saturated heterocycles. The molecule has 3 rings (SSSR count). The molecule has 0 spiro atoms. The Bertz CT molecular complexity index is 1020. The summed E-state index contributed by atoms with van der Waals surface area (Å²) in [7, 11) is 1.82. The number of hydrazone groups is 1. The van der Waals surface area contributed by atoms with Gasteiger partial charge in [0.25, 0.3) is 6.33 Å². The van der Waals surface area contributed by atoms with Crippen LogP contribution in [0.2, 0.25) is 0 Å². The molecule has 3 aromatic rings. The van der Waals surface area contributed by atoms with Crippen molar-refractivity contribution in [3.8, 4) is 5.69 Å². The number of hydrazine groups is 1. The minimum Gasteiger partial charge on any atom is -0.420 e. The van der Waals surface area contributed by atoms with E-state index in [0.717, 1.165) is 17.5 Å². The Morgan fingerprint density at radius 1 is 1.46 bits per heavy atom. The van der Waals surface area contributed by atoms with E-state index in [-0.39, 0.29) is 6.04 Å². The zero-order valence-electron chi connectivity index (χ0n) is 15.0. The molecule has 9 heteroatoms. The van der Waals surface area contributed by atoms with Crippen molar-refractivity contribution in [1.29, 1.82) is 0 Å². The number of nitrogens with zero attached hydrogens (tertiary/aromatic N) is 5. The standard InChI is InChI=1S/C17H22N7O2/c1-4-14(18)11(2)21-24(19)13-6-5-12-7-15(17(25)26-16(12)8-13)23-10-22(3)9-20-23/h5-10,14H,4,18-19H2,1-3H3/q+1. The number of fused-ring (bicyclic) bond motifs is 1. The van der Waals surface area contributed by atoms with E-state index in [1.165, 1.54) is 9.80 Å². The Balaban J connectivity index is 1.98. The zero-order valence-corrected chi connectivity index (χ0v) is 15.0.